The van der Waals surface area contributed by atoms with Crippen molar-refractivity contribution in [2.24, 2.45) is 0 Å². The zero-order chi connectivity index (χ0) is 12.3. The van der Waals surface area contributed by atoms with E-state index < -0.39 is 0 Å². The summed E-state index contributed by atoms with van der Waals surface area (Å²) in [5.74, 6) is 0. The highest BCUT2D eigenvalue weighted by Gasteiger charge is 2.01. The van der Waals surface area contributed by atoms with Crippen molar-refractivity contribution in [3.63, 3.8) is 0 Å². The molecule has 2 aromatic rings. The van der Waals surface area contributed by atoms with Crippen LogP contribution in [-0.2, 0) is 6.42 Å². The second-order valence-corrected chi connectivity index (χ2v) is 5.09. The van der Waals surface area contributed by atoms with E-state index in [4.69, 9.17) is 5.73 Å². The first-order valence-corrected chi connectivity index (χ1v) is 6.89. The van der Waals surface area contributed by atoms with Crippen molar-refractivity contribution >= 4 is 17.4 Å². The molecule has 0 fully saturated rings. The molecule has 1 nitrogen and oxygen atoms in total. The average Bonchev–Trinajstić information content (AvgIpc) is 2.34. The Hall–Kier alpha value is -1.41. The lowest BCUT2D eigenvalue weighted by atomic mass is 10.0. The zero-order valence-corrected chi connectivity index (χ0v) is 11.1. The molecule has 17 heavy (non-hydrogen) atoms. The van der Waals surface area contributed by atoms with Crippen molar-refractivity contribution in [2.75, 3.05) is 12.0 Å². The minimum atomic E-state index is 0.822. The molecule has 0 amide bonds. The number of nitrogens with two attached hydrogens (primary N) is 1. The highest BCUT2D eigenvalue weighted by atomic mass is 32.2. The van der Waals surface area contributed by atoms with Crippen LogP contribution in [0.15, 0.2) is 47.4 Å². The second kappa shape index (κ2) is 5.28. The fraction of sp³-hybridized carbons (Fsp3) is 0.200. The number of aryl methyl sites for hydroxylation is 1. The van der Waals surface area contributed by atoms with Gasteiger partial charge in [-0.15, -0.1) is 11.8 Å². The van der Waals surface area contributed by atoms with E-state index in [1.807, 2.05) is 12.1 Å². The van der Waals surface area contributed by atoms with Gasteiger partial charge in [-0.3, -0.25) is 0 Å². The first kappa shape index (κ1) is 12.1. The predicted octanol–water partition coefficient (Wildman–Crippen LogP) is 3.89. The van der Waals surface area contributed by atoms with Gasteiger partial charge in [-0.2, -0.15) is 0 Å². The van der Waals surface area contributed by atoms with Crippen molar-refractivity contribution in [1.82, 2.24) is 0 Å². The number of benzene rings is 2. The molecule has 0 atom stereocenters. The number of nitrogen functional groups attached to an aromatic ring is 1. The Kier molecular flexibility index (Phi) is 3.75. The van der Waals surface area contributed by atoms with E-state index in [0.717, 1.165) is 12.1 Å². The Morgan fingerprint density at radius 3 is 2.35 bits per heavy atom. The fourth-order valence-electron chi connectivity index (χ4n) is 1.85. The largest absolute Gasteiger partial charge is 0.399 e. The van der Waals surface area contributed by atoms with E-state index in [-0.39, 0.29) is 0 Å². The quantitative estimate of drug-likeness (QED) is 0.654. The van der Waals surface area contributed by atoms with Crippen LogP contribution in [0, 0.1) is 6.92 Å². The maximum Gasteiger partial charge on any atom is 0.0314 e. The Balaban J connectivity index is 2.21. The van der Waals surface area contributed by atoms with Gasteiger partial charge in [0.25, 0.3) is 0 Å². The Bertz CT molecular complexity index is 503. The van der Waals surface area contributed by atoms with Crippen LogP contribution in [0.4, 0.5) is 5.69 Å². The van der Waals surface area contributed by atoms with Gasteiger partial charge in [-0.25, -0.2) is 0 Å². The lowest BCUT2D eigenvalue weighted by Gasteiger charge is -2.08. The number of hydrogen-bond acceptors (Lipinski definition) is 2. The van der Waals surface area contributed by atoms with Gasteiger partial charge < -0.3 is 5.73 Å². The summed E-state index contributed by atoms with van der Waals surface area (Å²) < 4.78 is 0. The van der Waals surface area contributed by atoms with Gasteiger partial charge in [-0.05, 0) is 60.6 Å². The van der Waals surface area contributed by atoms with Gasteiger partial charge in [0, 0.05) is 10.6 Å². The standard InChI is InChI=1S/C15H17NS/c1-11-9-15(17-2)8-5-13(11)10-12-3-6-14(16)7-4-12/h3-9H,10,16H2,1-2H3. The van der Waals surface area contributed by atoms with Gasteiger partial charge in [-0.1, -0.05) is 18.2 Å². The lowest BCUT2D eigenvalue weighted by Crippen LogP contribution is -1.93. The number of rotatable bonds is 3. The molecule has 0 unspecified atom stereocenters. The van der Waals surface area contributed by atoms with Crippen molar-refractivity contribution in [2.45, 2.75) is 18.2 Å². The van der Waals surface area contributed by atoms with E-state index in [2.05, 4.69) is 43.5 Å². The monoisotopic (exact) mass is 243 g/mol. The Labute approximate surface area is 107 Å². The molecule has 0 aliphatic rings. The van der Waals surface area contributed by atoms with Gasteiger partial charge in [0.2, 0.25) is 0 Å². The van der Waals surface area contributed by atoms with Crippen molar-refractivity contribution < 1.29 is 0 Å². The molecule has 0 bridgehead atoms. The normalized spacial score (nSPS) is 10.5. The summed E-state index contributed by atoms with van der Waals surface area (Å²) in [4.78, 5) is 1.32. The van der Waals surface area contributed by atoms with E-state index in [9.17, 15) is 0 Å². The molecular weight excluding hydrogens is 226 g/mol. The van der Waals surface area contributed by atoms with Crippen LogP contribution >= 0.6 is 11.8 Å². The fourth-order valence-corrected chi connectivity index (χ4v) is 2.35. The van der Waals surface area contributed by atoms with Gasteiger partial charge in [0.15, 0.2) is 0 Å². The molecular formula is C15H17NS. The van der Waals surface area contributed by atoms with Crippen LogP contribution in [0.1, 0.15) is 16.7 Å². The van der Waals surface area contributed by atoms with Crippen LogP contribution in [0.25, 0.3) is 0 Å². The summed E-state index contributed by atoms with van der Waals surface area (Å²) in [7, 11) is 0. The molecule has 0 aromatic heterocycles. The summed E-state index contributed by atoms with van der Waals surface area (Å²) in [6.45, 7) is 2.17. The van der Waals surface area contributed by atoms with Crippen molar-refractivity contribution in [1.29, 1.82) is 0 Å². The number of anilines is 1. The van der Waals surface area contributed by atoms with Crippen molar-refractivity contribution in [3.8, 4) is 0 Å². The molecule has 0 saturated carbocycles. The third kappa shape index (κ3) is 3.04. The minimum absolute atomic E-state index is 0.822. The molecule has 0 heterocycles. The SMILES string of the molecule is CSc1ccc(Cc2ccc(N)cc2)c(C)c1. The van der Waals surface area contributed by atoms with E-state index in [1.165, 1.54) is 21.6 Å². The maximum absolute atomic E-state index is 5.69. The van der Waals surface area contributed by atoms with Gasteiger partial charge in [0.05, 0.1) is 0 Å². The maximum atomic E-state index is 5.69. The molecule has 88 valence electrons. The first-order valence-electron chi connectivity index (χ1n) is 5.67. The molecule has 2 N–H and O–H groups in total. The summed E-state index contributed by atoms with van der Waals surface area (Å²) in [6.07, 6.45) is 3.08. The zero-order valence-electron chi connectivity index (χ0n) is 10.2. The van der Waals surface area contributed by atoms with Crippen LogP contribution < -0.4 is 5.73 Å². The molecule has 2 rings (SSSR count). The van der Waals surface area contributed by atoms with E-state index in [0.29, 0.717) is 0 Å². The topological polar surface area (TPSA) is 26.0 Å². The highest BCUT2D eigenvalue weighted by Crippen LogP contribution is 2.21. The van der Waals surface area contributed by atoms with Crippen LogP contribution in [-0.4, -0.2) is 6.26 Å². The Morgan fingerprint density at radius 2 is 1.76 bits per heavy atom. The minimum Gasteiger partial charge on any atom is -0.399 e. The van der Waals surface area contributed by atoms with Gasteiger partial charge in [0.1, 0.15) is 0 Å². The molecule has 0 radical (unpaired) electrons. The predicted molar refractivity (Wildman–Crippen MR) is 76.6 cm³/mol. The molecule has 2 heteroatoms. The summed E-state index contributed by atoms with van der Waals surface area (Å²) in [6, 6.07) is 14.8. The van der Waals surface area contributed by atoms with Crippen molar-refractivity contribution in [3.05, 3.63) is 59.2 Å². The summed E-state index contributed by atoms with van der Waals surface area (Å²) in [5, 5.41) is 0. The van der Waals surface area contributed by atoms with E-state index >= 15 is 0 Å². The van der Waals surface area contributed by atoms with E-state index in [1.54, 1.807) is 11.8 Å². The summed E-state index contributed by atoms with van der Waals surface area (Å²) in [5.41, 5.74) is 10.5. The second-order valence-electron chi connectivity index (χ2n) is 4.21. The highest BCUT2D eigenvalue weighted by molar-refractivity contribution is 7.98. The average molecular weight is 243 g/mol. The Morgan fingerprint density at radius 1 is 1.06 bits per heavy atom. The van der Waals surface area contributed by atoms with Crippen LogP contribution in [0.2, 0.25) is 0 Å². The lowest BCUT2D eigenvalue weighted by molar-refractivity contribution is 1.14. The first-order chi connectivity index (χ1) is 8.19. The third-order valence-corrected chi connectivity index (χ3v) is 3.65. The smallest absolute Gasteiger partial charge is 0.0314 e. The van der Waals surface area contributed by atoms with Crippen LogP contribution in [0.5, 0.6) is 0 Å². The third-order valence-electron chi connectivity index (χ3n) is 2.92. The summed E-state index contributed by atoms with van der Waals surface area (Å²) >= 11 is 1.78. The number of thioether (sulfide) groups is 1. The molecule has 0 spiro atoms. The van der Waals surface area contributed by atoms with Gasteiger partial charge >= 0.3 is 0 Å². The number of hydrogen-bond donors (Lipinski definition) is 1. The molecule has 0 aliphatic heterocycles. The molecule has 2 aromatic carbocycles. The van der Waals surface area contributed by atoms with Crippen LogP contribution in [0.3, 0.4) is 0 Å². The molecule has 0 saturated heterocycles. The molecule has 0 aliphatic carbocycles.